The lowest BCUT2D eigenvalue weighted by molar-refractivity contribution is 0.626. The normalized spacial score (nSPS) is 11.9. The minimum absolute atomic E-state index is 0.0583. The number of hydrogen-bond donors (Lipinski definition) is 2. The highest BCUT2D eigenvalue weighted by Crippen LogP contribution is 2.33. The topological polar surface area (TPSA) is 76.7 Å². The first-order valence-corrected chi connectivity index (χ1v) is 8.24. The largest absolute Gasteiger partial charge is 0.368 e. The lowest BCUT2D eigenvalue weighted by atomic mass is 10.3. The van der Waals surface area contributed by atoms with Crippen LogP contribution in [0.2, 0.25) is 0 Å². The Bertz CT molecular complexity index is 811. The van der Waals surface area contributed by atoms with Gasteiger partial charge in [-0.25, -0.2) is 4.39 Å². The minimum atomic E-state index is -0.259. The molecule has 3 rings (SSSR count). The number of anilines is 3. The molecule has 5 nitrogen and oxygen atoms in total. The predicted molar refractivity (Wildman–Crippen MR) is 94.6 cm³/mol. The van der Waals surface area contributed by atoms with Crippen LogP contribution in [0.4, 0.5) is 22.0 Å². The summed E-state index contributed by atoms with van der Waals surface area (Å²) in [5.74, 6) is 0.862. The van der Waals surface area contributed by atoms with E-state index in [1.165, 1.54) is 23.9 Å². The summed E-state index contributed by atoms with van der Waals surface area (Å²) in [6, 6.07) is 15.9. The Morgan fingerprint density at radius 1 is 1.00 bits per heavy atom. The van der Waals surface area contributed by atoms with Gasteiger partial charge in [0.2, 0.25) is 11.9 Å². The van der Waals surface area contributed by atoms with E-state index in [0.717, 1.165) is 10.6 Å². The average molecular weight is 341 g/mol. The molecule has 7 heteroatoms. The van der Waals surface area contributed by atoms with Crippen molar-refractivity contribution < 1.29 is 4.39 Å². The number of nitrogens with one attached hydrogen (secondary N) is 1. The van der Waals surface area contributed by atoms with Crippen molar-refractivity contribution in [1.82, 2.24) is 15.0 Å². The minimum Gasteiger partial charge on any atom is -0.368 e. The van der Waals surface area contributed by atoms with Gasteiger partial charge >= 0.3 is 0 Å². The maximum Gasteiger partial charge on any atom is 0.232 e. The molecule has 0 spiro atoms. The van der Waals surface area contributed by atoms with Crippen molar-refractivity contribution >= 4 is 29.3 Å². The molecule has 0 fully saturated rings. The lowest BCUT2D eigenvalue weighted by Crippen LogP contribution is -2.08. The zero-order chi connectivity index (χ0) is 16.9. The van der Waals surface area contributed by atoms with Crippen LogP contribution >= 0.6 is 11.8 Å². The summed E-state index contributed by atoms with van der Waals surface area (Å²) in [7, 11) is 0. The SMILES string of the molecule is CC(Sc1ccc(F)cc1)c1nc(N)nc(Nc2ccccc2)n1. The van der Waals surface area contributed by atoms with Crippen molar-refractivity contribution in [3.8, 4) is 0 Å². The molecule has 3 N–H and O–H groups in total. The van der Waals surface area contributed by atoms with Gasteiger partial charge in [-0.15, -0.1) is 11.8 Å². The van der Waals surface area contributed by atoms with Crippen LogP contribution in [0.15, 0.2) is 59.5 Å². The van der Waals surface area contributed by atoms with E-state index in [2.05, 4.69) is 20.3 Å². The molecule has 0 bridgehead atoms. The van der Waals surface area contributed by atoms with Crippen LogP contribution in [0.3, 0.4) is 0 Å². The second-order valence-corrected chi connectivity index (χ2v) is 6.49. The quantitative estimate of drug-likeness (QED) is 0.678. The van der Waals surface area contributed by atoms with Crippen molar-refractivity contribution in [2.75, 3.05) is 11.1 Å². The Balaban J connectivity index is 1.78. The first-order valence-electron chi connectivity index (χ1n) is 7.36. The van der Waals surface area contributed by atoms with Gasteiger partial charge in [0.05, 0.1) is 5.25 Å². The molecule has 0 amide bonds. The van der Waals surface area contributed by atoms with Gasteiger partial charge in [0.25, 0.3) is 0 Å². The van der Waals surface area contributed by atoms with E-state index in [9.17, 15) is 4.39 Å². The number of hydrogen-bond acceptors (Lipinski definition) is 6. The first-order chi connectivity index (χ1) is 11.6. The van der Waals surface area contributed by atoms with Crippen molar-refractivity contribution in [2.45, 2.75) is 17.1 Å². The maximum absolute atomic E-state index is 13.0. The first kappa shape index (κ1) is 16.2. The molecular formula is C17H16FN5S. The lowest BCUT2D eigenvalue weighted by Gasteiger charge is -2.12. The highest BCUT2D eigenvalue weighted by atomic mass is 32.2. The summed E-state index contributed by atoms with van der Waals surface area (Å²) >= 11 is 1.53. The van der Waals surface area contributed by atoms with Gasteiger partial charge in [-0.3, -0.25) is 0 Å². The number of benzene rings is 2. The highest BCUT2D eigenvalue weighted by molar-refractivity contribution is 7.99. The number of nitrogen functional groups attached to an aromatic ring is 1. The molecule has 0 saturated carbocycles. The smallest absolute Gasteiger partial charge is 0.232 e. The predicted octanol–water partition coefficient (Wildman–Crippen LogP) is 4.19. The van der Waals surface area contributed by atoms with Gasteiger partial charge in [-0.2, -0.15) is 15.0 Å². The molecule has 122 valence electrons. The Hall–Kier alpha value is -2.67. The molecule has 0 aliphatic heterocycles. The summed E-state index contributed by atoms with van der Waals surface area (Å²) in [5.41, 5.74) is 6.67. The molecule has 0 radical (unpaired) electrons. The van der Waals surface area contributed by atoms with Crippen LogP contribution < -0.4 is 11.1 Å². The molecule has 1 unspecified atom stereocenters. The van der Waals surface area contributed by atoms with Crippen LogP contribution in [-0.4, -0.2) is 15.0 Å². The van der Waals surface area contributed by atoms with Gasteiger partial charge in [-0.1, -0.05) is 18.2 Å². The van der Waals surface area contributed by atoms with Gasteiger partial charge in [0.1, 0.15) is 11.6 Å². The molecular weight excluding hydrogens is 325 g/mol. The average Bonchev–Trinajstić information content (AvgIpc) is 2.57. The summed E-state index contributed by atoms with van der Waals surface area (Å²) in [5, 5.41) is 3.05. The van der Waals surface area contributed by atoms with E-state index in [0.29, 0.717) is 11.8 Å². The van der Waals surface area contributed by atoms with Crippen molar-refractivity contribution in [3.63, 3.8) is 0 Å². The third-order valence-corrected chi connectivity index (χ3v) is 4.30. The van der Waals surface area contributed by atoms with E-state index >= 15 is 0 Å². The molecule has 1 atom stereocenters. The Morgan fingerprint density at radius 2 is 1.71 bits per heavy atom. The summed E-state index contributed by atoms with van der Waals surface area (Å²) in [4.78, 5) is 13.7. The van der Waals surface area contributed by atoms with Crippen LogP contribution in [-0.2, 0) is 0 Å². The molecule has 1 aromatic heterocycles. The van der Waals surface area contributed by atoms with E-state index in [1.54, 1.807) is 12.1 Å². The Morgan fingerprint density at radius 3 is 2.42 bits per heavy atom. The number of rotatable bonds is 5. The van der Waals surface area contributed by atoms with E-state index in [1.807, 2.05) is 37.3 Å². The highest BCUT2D eigenvalue weighted by Gasteiger charge is 2.14. The Labute approximate surface area is 143 Å². The van der Waals surface area contributed by atoms with Gasteiger partial charge in [-0.05, 0) is 43.3 Å². The van der Waals surface area contributed by atoms with Crippen LogP contribution in [0.5, 0.6) is 0 Å². The summed E-state index contributed by atoms with van der Waals surface area (Å²) in [6.45, 7) is 1.97. The fourth-order valence-corrected chi connectivity index (χ4v) is 2.98. The van der Waals surface area contributed by atoms with E-state index < -0.39 is 0 Å². The maximum atomic E-state index is 13.0. The second-order valence-electron chi connectivity index (χ2n) is 5.08. The van der Waals surface area contributed by atoms with Gasteiger partial charge in [0, 0.05) is 10.6 Å². The van der Waals surface area contributed by atoms with E-state index in [4.69, 9.17) is 5.73 Å². The fraction of sp³-hybridized carbons (Fsp3) is 0.118. The fourth-order valence-electron chi connectivity index (χ4n) is 2.07. The van der Waals surface area contributed by atoms with Gasteiger partial charge in [0.15, 0.2) is 0 Å². The third-order valence-electron chi connectivity index (χ3n) is 3.19. The number of nitrogens with zero attached hydrogens (tertiary/aromatic N) is 3. The van der Waals surface area contributed by atoms with Gasteiger partial charge < -0.3 is 11.1 Å². The number of aromatic nitrogens is 3. The standard InChI is InChI=1S/C17H16FN5S/c1-11(24-14-9-7-12(18)8-10-14)15-21-16(19)23-17(22-15)20-13-5-3-2-4-6-13/h2-11H,1H3,(H3,19,20,21,22,23). The zero-order valence-corrected chi connectivity index (χ0v) is 13.8. The molecule has 3 aromatic rings. The molecule has 2 aromatic carbocycles. The van der Waals surface area contributed by atoms with Crippen molar-refractivity contribution in [1.29, 1.82) is 0 Å². The third kappa shape index (κ3) is 4.20. The molecule has 1 heterocycles. The number of nitrogens with two attached hydrogens (primary N) is 1. The molecule has 0 aliphatic rings. The number of para-hydroxylation sites is 1. The summed E-state index contributed by atoms with van der Waals surface area (Å²) in [6.07, 6.45) is 0. The van der Waals surface area contributed by atoms with Crippen LogP contribution in [0.1, 0.15) is 18.0 Å². The van der Waals surface area contributed by atoms with Crippen LogP contribution in [0, 0.1) is 5.82 Å². The molecule has 0 aliphatic carbocycles. The summed E-state index contributed by atoms with van der Waals surface area (Å²) < 4.78 is 13.0. The van der Waals surface area contributed by atoms with Crippen molar-refractivity contribution in [2.24, 2.45) is 0 Å². The van der Waals surface area contributed by atoms with Crippen LogP contribution in [0.25, 0.3) is 0 Å². The monoisotopic (exact) mass is 341 g/mol. The number of thioether (sulfide) groups is 1. The molecule has 24 heavy (non-hydrogen) atoms. The Kier molecular flexibility index (Phi) is 4.90. The van der Waals surface area contributed by atoms with Crippen molar-refractivity contribution in [3.05, 3.63) is 66.2 Å². The van der Waals surface area contributed by atoms with E-state index in [-0.39, 0.29) is 17.0 Å². The zero-order valence-electron chi connectivity index (χ0n) is 13.0. The second kappa shape index (κ2) is 7.27. The number of halogens is 1. The molecule has 0 saturated heterocycles.